The van der Waals surface area contributed by atoms with Crippen molar-refractivity contribution in [3.63, 3.8) is 0 Å². The fourth-order valence-electron chi connectivity index (χ4n) is 5.45. The van der Waals surface area contributed by atoms with E-state index in [1.54, 1.807) is 6.07 Å². The average Bonchev–Trinajstić information content (AvgIpc) is 3.22. The topological polar surface area (TPSA) is 49.8 Å². The number of rotatable bonds is 4. The molecule has 3 aliphatic rings. The van der Waals surface area contributed by atoms with Gasteiger partial charge >= 0.3 is 5.97 Å². The zero-order chi connectivity index (χ0) is 22.2. The van der Waals surface area contributed by atoms with Gasteiger partial charge in [-0.2, -0.15) is 0 Å². The summed E-state index contributed by atoms with van der Waals surface area (Å²) in [5, 5.41) is 9.94. The van der Waals surface area contributed by atoms with E-state index >= 15 is 0 Å². The highest BCUT2D eigenvalue weighted by molar-refractivity contribution is 5.74. The number of benzene rings is 1. The number of esters is 1. The molecule has 168 valence electrons. The Labute approximate surface area is 184 Å². The molecule has 4 nitrogen and oxygen atoms in total. The number of cyclic esters (lactones) is 1. The van der Waals surface area contributed by atoms with Crippen LogP contribution in [-0.4, -0.2) is 47.3 Å². The Hall–Kier alpha value is -1.98. The van der Waals surface area contributed by atoms with Crippen LogP contribution in [0.3, 0.4) is 0 Å². The number of aliphatic hydroxyl groups excluding tert-OH is 1. The summed E-state index contributed by atoms with van der Waals surface area (Å²) in [7, 11) is 0. The van der Waals surface area contributed by atoms with E-state index in [2.05, 4.69) is 24.8 Å². The third kappa shape index (κ3) is 4.93. The van der Waals surface area contributed by atoms with Gasteiger partial charge < -0.3 is 14.7 Å². The van der Waals surface area contributed by atoms with Crippen LogP contribution < -0.4 is 0 Å². The molecule has 2 aliphatic heterocycles. The molecule has 5 heteroatoms. The molecule has 1 aromatic carbocycles. The Bertz CT molecular complexity index is 898. The second kappa shape index (κ2) is 8.87. The first-order valence-electron chi connectivity index (χ1n) is 11.5. The Morgan fingerprint density at radius 2 is 1.97 bits per heavy atom. The summed E-state index contributed by atoms with van der Waals surface area (Å²) in [6, 6.07) is 5.87. The summed E-state index contributed by atoms with van der Waals surface area (Å²) in [5.41, 5.74) is 4.10. The molecule has 2 heterocycles. The van der Waals surface area contributed by atoms with Crippen molar-refractivity contribution in [2.24, 2.45) is 5.41 Å². The van der Waals surface area contributed by atoms with Gasteiger partial charge in [0.2, 0.25) is 0 Å². The monoisotopic (exact) mass is 427 g/mol. The number of aliphatic hydroxyl groups is 1. The molecule has 1 aliphatic carbocycles. The average molecular weight is 428 g/mol. The highest BCUT2D eigenvalue weighted by Crippen LogP contribution is 2.47. The van der Waals surface area contributed by atoms with E-state index in [9.17, 15) is 14.3 Å². The fraction of sp³-hybridized carbons (Fsp3) is 0.577. The quantitative estimate of drug-likeness (QED) is 0.702. The van der Waals surface area contributed by atoms with E-state index in [-0.39, 0.29) is 23.6 Å². The highest BCUT2D eigenvalue weighted by atomic mass is 19.1. The molecule has 0 bridgehead atoms. The van der Waals surface area contributed by atoms with Gasteiger partial charge in [0.1, 0.15) is 11.9 Å². The summed E-state index contributed by atoms with van der Waals surface area (Å²) < 4.78 is 19.4. The first-order valence-corrected chi connectivity index (χ1v) is 11.5. The maximum absolute atomic E-state index is 14.0. The summed E-state index contributed by atoms with van der Waals surface area (Å²) in [6.07, 6.45) is 7.95. The van der Waals surface area contributed by atoms with E-state index in [4.69, 9.17) is 4.74 Å². The molecule has 0 aromatic heterocycles. The molecule has 0 spiro atoms. The van der Waals surface area contributed by atoms with E-state index < -0.39 is 12.2 Å². The molecule has 0 saturated carbocycles. The van der Waals surface area contributed by atoms with Crippen LogP contribution in [0.4, 0.5) is 4.39 Å². The number of carbonyl (C=O) groups excluding carboxylic acids is 1. The molecule has 31 heavy (non-hydrogen) atoms. The lowest BCUT2D eigenvalue weighted by Crippen LogP contribution is -2.40. The number of hydrogen-bond acceptors (Lipinski definition) is 4. The van der Waals surface area contributed by atoms with Crippen LogP contribution in [0.25, 0.3) is 5.57 Å². The molecule has 2 fully saturated rings. The van der Waals surface area contributed by atoms with Crippen LogP contribution >= 0.6 is 0 Å². The molecular formula is C26H34FNO3. The van der Waals surface area contributed by atoms with Gasteiger partial charge in [0.25, 0.3) is 0 Å². The smallest absolute Gasteiger partial charge is 0.309 e. The third-order valence-electron chi connectivity index (χ3n) is 7.07. The highest BCUT2D eigenvalue weighted by Gasteiger charge is 2.38. The van der Waals surface area contributed by atoms with Gasteiger partial charge in [-0.15, -0.1) is 0 Å². The molecule has 3 atom stereocenters. The number of nitrogens with zero attached hydrogens (tertiary/aromatic N) is 1. The fourth-order valence-corrected chi connectivity index (χ4v) is 5.45. The molecule has 1 N–H and O–H groups in total. The van der Waals surface area contributed by atoms with Crippen LogP contribution in [0.1, 0.15) is 63.5 Å². The summed E-state index contributed by atoms with van der Waals surface area (Å²) in [6.45, 7) is 8.65. The zero-order valence-electron chi connectivity index (χ0n) is 18.9. The number of hydrogen-bond donors (Lipinski definition) is 1. The van der Waals surface area contributed by atoms with Crippen LogP contribution in [0.5, 0.6) is 0 Å². The predicted molar refractivity (Wildman–Crippen MR) is 120 cm³/mol. The van der Waals surface area contributed by atoms with Gasteiger partial charge in [0.05, 0.1) is 12.5 Å². The molecule has 0 radical (unpaired) electrons. The first kappa shape index (κ1) is 22.2. The van der Waals surface area contributed by atoms with E-state index in [1.807, 2.05) is 25.1 Å². The minimum Gasteiger partial charge on any atom is -0.458 e. The second-order valence-electron chi connectivity index (χ2n) is 10.0. The minimum atomic E-state index is -0.650. The van der Waals surface area contributed by atoms with Gasteiger partial charge in [0.15, 0.2) is 0 Å². The van der Waals surface area contributed by atoms with Gasteiger partial charge in [0, 0.05) is 12.5 Å². The maximum Gasteiger partial charge on any atom is 0.309 e. The van der Waals surface area contributed by atoms with Gasteiger partial charge in [-0.05, 0) is 91.6 Å². The third-order valence-corrected chi connectivity index (χ3v) is 7.07. The SMILES string of the molecule is Cc1cc(C2=C(C=CC3CC(O)CC(=O)O3)C(C)(C)CC(N3CCCC3)C2)ccc1F. The number of halogens is 1. The Kier molecular flexibility index (Phi) is 6.36. The first-order chi connectivity index (χ1) is 14.7. The zero-order valence-corrected chi connectivity index (χ0v) is 18.9. The van der Waals surface area contributed by atoms with Crippen molar-refractivity contribution in [2.75, 3.05) is 13.1 Å². The number of likely N-dealkylation sites (tertiary alicyclic amines) is 1. The molecule has 4 rings (SSSR count). The van der Waals surface area contributed by atoms with Crippen LogP contribution in [-0.2, 0) is 9.53 Å². The number of allylic oxidation sites excluding steroid dienone is 2. The maximum atomic E-state index is 14.0. The lowest BCUT2D eigenvalue weighted by molar-refractivity contribution is -0.156. The Balaban J connectivity index is 1.72. The Morgan fingerprint density at radius 3 is 2.65 bits per heavy atom. The van der Waals surface area contributed by atoms with Crippen molar-refractivity contribution in [2.45, 2.75) is 77.5 Å². The molecule has 3 unspecified atom stereocenters. The number of carbonyl (C=O) groups is 1. The van der Waals surface area contributed by atoms with Crippen molar-refractivity contribution in [3.05, 3.63) is 52.9 Å². The molecular weight excluding hydrogens is 393 g/mol. The molecule has 1 aromatic rings. The number of ether oxygens (including phenoxy) is 1. The predicted octanol–water partition coefficient (Wildman–Crippen LogP) is 4.79. The van der Waals surface area contributed by atoms with Crippen molar-refractivity contribution in [3.8, 4) is 0 Å². The van der Waals surface area contributed by atoms with Crippen molar-refractivity contribution < 1.29 is 19.0 Å². The van der Waals surface area contributed by atoms with Crippen molar-refractivity contribution >= 4 is 11.5 Å². The van der Waals surface area contributed by atoms with Gasteiger partial charge in [-0.3, -0.25) is 4.79 Å². The second-order valence-corrected chi connectivity index (χ2v) is 10.0. The van der Waals surface area contributed by atoms with E-state index in [0.29, 0.717) is 18.0 Å². The van der Waals surface area contributed by atoms with Crippen molar-refractivity contribution in [1.29, 1.82) is 0 Å². The van der Waals surface area contributed by atoms with Gasteiger partial charge in [-0.25, -0.2) is 4.39 Å². The van der Waals surface area contributed by atoms with E-state index in [1.165, 1.54) is 24.0 Å². The summed E-state index contributed by atoms with van der Waals surface area (Å²) in [4.78, 5) is 14.3. The van der Waals surface area contributed by atoms with E-state index in [0.717, 1.165) is 31.5 Å². The van der Waals surface area contributed by atoms with Crippen molar-refractivity contribution in [1.82, 2.24) is 4.90 Å². The lowest BCUT2D eigenvalue weighted by Gasteiger charge is -2.42. The Morgan fingerprint density at radius 1 is 1.23 bits per heavy atom. The van der Waals surface area contributed by atoms with Crippen LogP contribution in [0.2, 0.25) is 0 Å². The van der Waals surface area contributed by atoms with Gasteiger partial charge in [-0.1, -0.05) is 26.0 Å². The lowest BCUT2D eigenvalue weighted by atomic mass is 9.68. The minimum absolute atomic E-state index is 0.0656. The van der Waals surface area contributed by atoms with Crippen LogP contribution in [0.15, 0.2) is 35.9 Å². The van der Waals surface area contributed by atoms with Crippen LogP contribution in [0, 0.1) is 18.2 Å². The molecule has 2 saturated heterocycles. The standard InChI is InChI=1S/C26H34FNO3/c1-17-12-18(6-9-24(17)27)22-13-19(28-10-4-5-11-28)16-26(2,3)23(22)8-7-21-14-20(29)15-25(30)31-21/h6-9,12,19-21,29H,4-5,10-11,13-16H2,1-3H3. The molecule has 0 amide bonds. The summed E-state index contributed by atoms with van der Waals surface area (Å²) >= 11 is 0. The largest absolute Gasteiger partial charge is 0.458 e. The number of aryl methyl sites for hydroxylation is 1. The summed E-state index contributed by atoms with van der Waals surface area (Å²) in [5.74, 6) is -0.538. The normalized spacial score (nSPS) is 29.6.